The lowest BCUT2D eigenvalue weighted by molar-refractivity contribution is -0.112. The molecule has 3 rings (SSSR count). The molecule has 0 atom stereocenters. The lowest BCUT2D eigenvalue weighted by atomic mass is 10.1. The van der Waals surface area contributed by atoms with Crippen molar-refractivity contribution in [2.24, 2.45) is 0 Å². The minimum absolute atomic E-state index is 0.155. The first-order chi connectivity index (χ1) is 14.5. The first kappa shape index (κ1) is 21.7. The Kier molecular flexibility index (Phi) is 7.37. The Labute approximate surface area is 189 Å². The van der Waals surface area contributed by atoms with Crippen molar-refractivity contribution in [2.75, 3.05) is 5.32 Å². The van der Waals surface area contributed by atoms with Crippen LogP contribution in [0.15, 0.2) is 72.3 Å². The van der Waals surface area contributed by atoms with Crippen LogP contribution in [0.3, 0.4) is 0 Å². The van der Waals surface area contributed by atoms with Crippen LogP contribution in [-0.2, 0) is 11.4 Å². The Morgan fingerprint density at radius 3 is 2.40 bits per heavy atom. The molecule has 1 amide bonds. The summed E-state index contributed by atoms with van der Waals surface area (Å²) in [5, 5.41) is 13.1. The Hall–Kier alpha value is -2.97. The molecule has 0 aliphatic rings. The van der Waals surface area contributed by atoms with E-state index in [0.717, 1.165) is 5.56 Å². The van der Waals surface area contributed by atoms with E-state index >= 15 is 0 Å². The van der Waals surface area contributed by atoms with Crippen molar-refractivity contribution in [3.63, 3.8) is 0 Å². The highest BCUT2D eigenvalue weighted by atomic mass is 35.5. The number of nitrogens with zero attached hydrogens (tertiary/aromatic N) is 1. The van der Waals surface area contributed by atoms with Crippen LogP contribution in [0.25, 0.3) is 6.08 Å². The van der Waals surface area contributed by atoms with E-state index in [1.165, 1.54) is 12.1 Å². The fourth-order valence-electron chi connectivity index (χ4n) is 2.63. The van der Waals surface area contributed by atoms with Crippen LogP contribution in [0.4, 0.5) is 5.69 Å². The fraction of sp³-hybridized carbons (Fsp3) is 0.0435. The van der Waals surface area contributed by atoms with Crippen molar-refractivity contribution in [1.29, 1.82) is 5.26 Å². The molecule has 1 N–H and O–H groups in total. The third-order valence-electron chi connectivity index (χ3n) is 4.05. The topological polar surface area (TPSA) is 62.1 Å². The SMILES string of the molecule is N#C/C(=C\c1cc(Cl)cc(Cl)c1OCc1ccccc1)C(=O)Nc1ccccc1Cl. The molecule has 0 radical (unpaired) electrons. The molecule has 0 spiro atoms. The van der Waals surface area contributed by atoms with Crippen LogP contribution in [0, 0.1) is 11.3 Å². The Morgan fingerprint density at radius 1 is 1.00 bits per heavy atom. The number of rotatable bonds is 6. The second-order valence-corrected chi connectivity index (χ2v) is 7.43. The predicted octanol–water partition coefficient (Wildman–Crippen LogP) is 6.77. The molecular weight excluding hydrogens is 443 g/mol. The lowest BCUT2D eigenvalue weighted by Crippen LogP contribution is -2.13. The van der Waals surface area contributed by atoms with Gasteiger partial charge in [-0.1, -0.05) is 77.3 Å². The molecule has 7 heteroatoms. The lowest BCUT2D eigenvalue weighted by Gasteiger charge is -2.13. The van der Waals surface area contributed by atoms with Crippen LogP contribution < -0.4 is 10.1 Å². The van der Waals surface area contributed by atoms with Gasteiger partial charge in [0.25, 0.3) is 5.91 Å². The maximum absolute atomic E-state index is 12.6. The van der Waals surface area contributed by atoms with Crippen molar-refractivity contribution < 1.29 is 9.53 Å². The summed E-state index contributed by atoms with van der Waals surface area (Å²) in [6, 6.07) is 21.3. The quantitative estimate of drug-likeness (QED) is 0.328. The molecule has 30 heavy (non-hydrogen) atoms. The molecule has 3 aromatic carbocycles. The van der Waals surface area contributed by atoms with Crippen LogP contribution in [0.1, 0.15) is 11.1 Å². The van der Waals surface area contributed by atoms with Gasteiger partial charge in [-0.15, -0.1) is 0 Å². The van der Waals surface area contributed by atoms with Gasteiger partial charge in [0, 0.05) is 10.6 Å². The fourth-order valence-corrected chi connectivity index (χ4v) is 3.37. The third kappa shape index (κ3) is 5.55. The molecule has 150 valence electrons. The smallest absolute Gasteiger partial charge is 0.266 e. The van der Waals surface area contributed by atoms with Crippen molar-refractivity contribution in [1.82, 2.24) is 0 Å². The number of amides is 1. The van der Waals surface area contributed by atoms with Gasteiger partial charge in [0.15, 0.2) is 0 Å². The van der Waals surface area contributed by atoms with E-state index in [-0.39, 0.29) is 17.2 Å². The largest absolute Gasteiger partial charge is 0.487 e. The number of benzene rings is 3. The second-order valence-electron chi connectivity index (χ2n) is 6.18. The number of carbonyl (C=O) groups excluding carboxylic acids is 1. The number of nitrogens with one attached hydrogen (secondary N) is 1. The first-order valence-electron chi connectivity index (χ1n) is 8.81. The van der Waals surface area contributed by atoms with E-state index in [4.69, 9.17) is 39.5 Å². The van der Waals surface area contributed by atoms with Crippen LogP contribution in [0.2, 0.25) is 15.1 Å². The number of nitriles is 1. The summed E-state index contributed by atoms with van der Waals surface area (Å²) in [6.07, 6.45) is 1.38. The highest BCUT2D eigenvalue weighted by molar-refractivity contribution is 6.36. The van der Waals surface area contributed by atoms with Gasteiger partial charge >= 0.3 is 0 Å². The molecule has 0 bridgehead atoms. The van der Waals surface area contributed by atoms with Crippen molar-refractivity contribution in [3.05, 3.63) is 98.5 Å². The van der Waals surface area contributed by atoms with Crippen molar-refractivity contribution in [2.45, 2.75) is 6.61 Å². The summed E-state index contributed by atoms with van der Waals surface area (Å²) in [5.74, 6) is -0.293. The van der Waals surface area contributed by atoms with E-state index in [1.54, 1.807) is 30.3 Å². The molecule has 0 heterocycles. The maximum atomic E-state index is 12.6. The van der Waals surface area contributed by atoms with Crippen LogP contribution >= 0.6 is 34.8 Å². The molecule has 0 fully saturated rings. The summed E-state index contributed by atoms with van der Waals surface area (Å²) >= 11 is 18.5. The zero-order valence-electron chi connectivity index (χ0n) is 15.5. The normalized spacial score (nSPS) is 10.9. The van der Waals surface area contributed by atoms with E-state index in [1.807, 2.05) is 36.4 Å². The number of anilines is 1. The van der Waals surface area contributed by atoms with Gasteiger partial charge in [0.2, 0.25) is 0 Å². The van der Waals surface area contributed by atoms with Gasteiger partial charge in [-0.3, -0.25) is 4.79 Å². The molecule has 0 saturated heterocycles. The molecule has 0 aliphatic heterocycles. The monoisotopic (exact) mass is 456 g/mol. The molecule has 0 unspecified atom stereocenters. The number of carbonyl (C=O) groups is 1. The summed E-state index contributed by atoms with van der Waals surface area (Å²) in [6.45, 7) is 0.261. The Balaban J connectivity index is 1.90. The van der Waals surface area contributed by atoms with Gasteiger partial charge in [-0.2, -0.15) is 5.26 Å². The Bertz CT molecular complexity index is 1140. The van der Waals surface area contributed by atoms with E-state index < -0.39 is 5.91 Å². The van der Waals surface area contributed by atoms with E-state index in [0.29, 0.717) is 27.0 Å². The average molecular weight is 458 g/mol. The number of halogens is 3. The maximum Gasteiger partial charge on any atom is 0.266 e. The van der Waals surface area contributed by atoms with Gasteiger partial charge in [0.05, 0.1) is 15.7 Å². The minimum atomic E-state index is -0.615. The molecular formula is C23H15Cl3N2O2. The molecule has 0 aliphatic carbocycles. The molecule has 0 aromatic heterocycles. The van der Waals surface area contributed by atoms with Crippen molar-refractivity contribution >= 4 is 52.5 Å². The first-order valence-corrected chi connectivity index (χ1v) is 9.95. The molecule has 4 nitrogen and oxygen atoms in total. The van der Waals surface area contributed by atoms with Gasteiger partial charge in [-0.05, 0) is 35.9 Å². The van der Waals surface area contributed by atoms with Gasteiger partial charge in [0.1, 0.15) is 24.0 Å². The van der Waals surface area contributed by atoms with Crippen LogP contribution in [-0.4, -0.2) is 5.91 Å². The number of para-hydroxylation sites is 1. The number of ether oxygens (including phenoxy) is 1. The highest BCUT2D eigenvalue weighted by Gasteiger charge is 2.15. The summed E-state index contributed by atoms with van der Waals surface area (Å²) in [4.78, 5) is 12.6. The number of hydrogen-bond acceptors (Lipinski definition) is 3. The van der Waals surface area contributed by atoms with Gasteiger partial charge in [-0.25, -0.2) is 0 Å². The van der Waals surface area contributed by atoms with E-state index in [9.17, 15) is 10.1 Å². The van der Waals surface area contributed by atoms with E-state index in [2.05, 4.69) is 5.32 Å². The zero-order valence-corrected chi connectivity index (χ0v) is 17.8. The predicted molar refractivity (Wildman–Crippen MR) is 121 cm³/mol. The van der Waals surface area contributed by atoms with Crippen molar-refractivity contribution in [3.8, 4) is 11.8 Å². The summed E-state index contributed by atoms with van der Waals surface area (Å²) in [7, 11) is 0. The highest BCUT2D eigenvalue weighted by Crippen LogP contribution is 2.34. The minimum Gasteiger partial charge on any atom is -0.487 e. The zero-order chi connectivity index (χ0) is 21.5. The molecule has 3 aromatic rings. The Morgan fingerprint density at radius 2 is 1.70 bits per heavy atom. The average Bonchev–Trinajstić information content (AvgIpc) is 2.73. The standard InChI is InChI=1S/C23H15Cl3N2O2/c24-18-11-16(22(20(26)12-18)30-14-15-6-2-1-3-7-15)10-17(13-27)23(29)28-21-9-5-4-8-19(21)25/h1-12H,14H2,(H,28,29)/b17-10+. The molecule has 0 saturated carbocycles. The summed E-state index contributed by atoms with van der Waals surface area (Å²) < 4.78 is 5.87. The van der Waals surface area contributed by atoms with Crippen LogP contribution in [0.5, 0.6) is 5.75 Å². The summed E-state index contributed by atoms with van der Waals surface area (Å²) in [5.41, 5.74) is 1.59. The second kappa shape index (κ2) is 10.2. The van der Waals surface area contributed by atoms with Gasteiger partial charge < -0.3 is 10.1 Å². The number of hydrogen-bond donors (Lipinski definition) is 1. The third-order valence-corrected chi connectivity index (χ3v) is 4.88.